The number of methoxy groups -OCH3 is 1. The highest BCUT2D eigenvalue weighted by molar-refractivity contribution is 5.09. The van der Waals surface area contributed by atoms with Crippen molar-refractivity contribution in [2.45, 2.75) is 25.2 Å². The number of ether oxygens (including phenoxy) is 1. The van der Waals surface area contributed by atoms with Crippen LogP contribution in [-0.2, 0) is 10.5 Å². The Morgan fingerprint density at radius 1 is 1.77 bits per heavy atom. The van der Waals surface area contributed by atoms with Crippen molar-refractivity contribution in [2.75, 3.05) is 7.11 Å². The summed E-state index contributed by atoms with van der Waals surface area (Å²) in [5.41, 5.74) is 4.14. The van der Waals surface area contributed by atoms with Crippen LogP contribution < -0.4 is 5.73 Å². The lowest BCUT2D eigenvalue weighted by Gasteiger charge is -2.28. The lowest BCUT2D eigenvalue weighted by atomic mass is 10.0. The smallest absolute Gasteiger partial charge is 0.199 e. The van der Waals surface area contributed by atoms with Gasteiger partial charge in [-0.3, -0.25) is 5.73 Å². The molecule has 74 valence electrons. The molecule has 0 saturated carbocycles. The minimum Gasteiger partial charge on any atom is -0.465 e. The summed E-state index contributed by atoms with van der Waals surface area (Å²) in [6.07, 6.45) is 1.62. The van der Waals surface area contributed by atoms with Gasteiger partial charge in [-0.25, -0.2) is 0 Å². The van der Waals surface area contributed by atoms with E-state index in [9.17, 15) is 5.11 Å². The van der Waals surface area contributed by atoms with Gasteiger partial charge in [-0.1, -0.05) is 6.92 Å². The molecule has 0 aliphatic heterocycles. The van der Waals surface area contributed by atoms with Gasteiger partial charge in [-0.15, -0.1) is 0 Å². The lowest BCUT2D eigenvalue weighted by molar-refractivity contribution is -0.108. The van der Waals surface area contributed by atoms with E-state index in [0.717, 1.165) is 0 Å². The molecule has 4 nitrogen and oxygen atoms in total. The minimum atomic E-state index is -1.55. The fraction of sp³-hybridized carbons (Fsp3) is 0.556. The van der Waals surface area contributed by atoms with Crippen molar-refractivity contribution >= 4 is 0 Å². The Balaban J connectivity index is 2.86. The van der Waals surface area contributed by atoms with E-state index in [1.54, 1.807) is 12.1 Å². The van der Waals surface area contributed by atoms with Crippen molar-refractivity contribution in [2.24, 2.45) is 5.73 Å². The van der Waals surface area contributed by atoms with Crippen molar-refractivity contribution in [1.82, 2.24) is 0 Å². The van der Waals surface area contributed by atoms with Crippen molar-refractivity contribution in [1.29, 1.82) is 0 Å². The van der Waals surface area contributed by atoms with Crippen LogP contribution in [0.1, 0.15) is 19.1 Å². The molecule has 0 aliphatic rings. The molecule has 2 atom stereocenters. The Bertz CT molecular complexity index is 239. The third-order valence-electron chi connectivity index (χ3n) is 2.06. The normalized spacial score (nSPS) is 18.2. The van der Waals surface area contributed by atoms with Gasteiger partial charge in [0.1, 0.15) is 6.10 Å². The van der Waals surface area contributed by atoms with Gasteiger partial charge in [0.05, 0.1) is 6.26 Å². The monoisotopic (exact) mass is 185 g/mol. The molecular weight excluding hydrogens is 170 g/mol. The molecule has 1 heterocycles. The molecule has 0 saturated heterocycles. The highest BCUT2D eigenvalue weighted by atomic mass is 16.5. The molecule has 0 aromatic carbocycles. The van der Waals surface area contributed by atoms with Gasteiger partial charge in [0.2, 0.25) is 0 Å². The first kappa shape index (κ1) is 10.2. The molecule has 1 aromatic heterocycles. The fourth-order valence-corrected chi connectivity index (χ4v) is 1.32. The molecule has 0 amide bonds. The van der Waals surface area contributed by atoms with Crippen LogP contribution in [0.3, 0.4) is 0 Å². The third kappa shape index (κ3) is 1.91. The summed E-state index contributed by atoms with van der Waals surface area (Å²) in [6, 6.07) is 3.30. The van der Waals surface area contributed by atoms with Crippen LogP contribution in [0.4, 0.5) is 0 Å². The largest absolute Gasteiger partial charge is 0.465 e. The Morgan fingerprint density at radius 2 is 2.46 bits per heavy atom. The first-order valence-electron chi connectivity index (χ1n) is 4.21. The third-order valence-corrected chi connectivity index (χ3v) is 2.06. The number of furan rings is 1. The summed E-state index contributed by atoms with van der Waals surface area (Å²) in [5, 5.41) is 9.89. The predicted molar refractivity (Wildman–Crippen MR) is 47.9 cm³/mol. The molecule has 3 N–H and O–H groups in total. The zero-order chi connectivity index (χ0) is 9.90. The Hall–Kier alpha value is -0.840. The molecule has 2 unspecified atom stereocenters. The second-order valence-corrected chi connectivity index (χ2v) is 2.94. The molecule has 1 aromatic rings. The summed E-state index contributed by atoms with van der Waals surface area (Å²) < 4.78 is 10.1. The van der Waals surface area contributed by atoms with Crippen LogP contribution >= 0.6 is 0 Å². The van der Waals surface area contributed by atoms with Crippen LogP contribution in [-0.4, -0.2) is 18.3 Å². The molecule has 0 spiro atoms. The Morgan fingerprint density at radius 3 is 2.85 bits per heavy atom. The van der Waals surface area contributed by atoms with Gasteiger partial charge in [-0.2, -0.15) is 0 Å². The van der Waals surface area contributed by atoms with Crippen LogP contribution in [0, 0.1) is 0 Å². The molecule has 0 fully saturated rings. The average Bonchev–Trinajstić information content (AvgIpc) is 2.58. The molecule has 0 bridgehead atoms. The van der Waals surface area contributed by atoms with Crippen molar-refractivity contribution < 1.29 is 14.3 Å². The summed E-state index contributed by atoms with van der Waals surface area (Å²) >= 11 is 0. The van der Waals surface area contributed by atoms with E-state index >= 15 is 0 Å². The summed E-state index contributed by atoms with van der Waals surface area (Å²) in [7, 11) is 1.51. The highest BCUT2D eigenvalue weighted by Gasteiger charge is 2.36. The maximum atomic E-state index is 9.89. The fourth-order valence-electron chi connectivity index (χ4n) is 1.32. The van der Waals surface area contributed by atoms with Crippen molar-refractivity contribution in [3.8, 4) is 0 Å². The van der Waals surface area contributed by atoms with E-state index < -0.39 is 11.8 Å². The van der Waals surface area contributed by atoms with E-state index in [4.69, 9.17) is 14.9 Å². The van der Waals surface area contributed by atoms with E-state index in [2.05, 4.69) is 0 Å². The highest BCUT2D eigenvalue weighted by Crippen LogP contribution is 2.23. The molecule has 0 radical (unpaired) electrons. The van der Waals surface area contributed by atoms with Crippen molar-refractivity contribution in [3.63, 3.8) is 0 Å². The van der Waals surface area contributed by atoms with Gasteiger partial charge in [0.25, 0.3) is 0 Å². The zero-order valence-electron chi connectivity index (χ0n) is 7.86. The molecular formula is C9H15NO3. The lowest BCUT2D eigenvalue weighted by Crippen LogP contribution is -2.48. The number of rotatable bonds is 4. The average molecular weight is 185 g/mol. The zero-order valence-corrected chi connectivity index (χ0v) is 7.86. The number of hydrogen-bond donors (Lipinski definition) is 2. The van der Waals surface area contributed by atoms with E-state index in [1.165, 1.54) is 13.4 Å². The van der Waals surface area contributed by atoms with Crippen LogP contribution in [0.25, 0.3) is 0 Å². The SMILES string of the molecule is CCC(OC)C(N)(O)c1ccco1. The maximum Gasteiger partial charge on any atom is 0.199 e. The van der Waals surface area contributed by atoms with Gasteiger partial charge in [0, 0.05) is 7.11 Å². The summed E-state index contributed by atoms with van der Waals surface area (Å²) in [5.74, 6) is 0.321. The predicted octanol–water partition coefficient (Wildman–Crippen LogP) is 0.808. The Labute approximate surface area is 77.3 Å². The van der Waals surface area contributed by atoms with E-state index in [-0.39, 0.29) is 0 Å². The molecule has 1 rings (SSSR count). The first-order valence-corrected chi connectivity index (χ1v) is 4.21. The topological polar surface area (TPSA) is 68.6 Å². The first-order chi connectivity index (χ1) is 6.12. The maximum absolute atomic E-state index is 9.89. The van der Waals surface area contributed by atoms with Gasteiger partial charge >= 0.3 is 0 Å². The van der Waals surface area contributed by atoms with Crippen LogP contribution in [0.5, 0.6) is 0 Å². The number of nitrogens with two attached hydrogens (primary N) is 1. The van der Waals surface area contributed by atoms with E-state index in [0.29, 0.717) is 12.2 Å². The summed E-state index contributed by atoms with van der Waals surface area (Å²) in [6.45, 7) is 1.88. The minimum absolute atomic E-state index is 0.321. The molecule has 13 heavy (non-hydrogen) atoms. The molecule has 0 aliphatic carbocycles. The van der Waals surface area contributed by atoms with Gasteiger partial charge < -0.3 is 14.3 Å². The quantitative estimate of drug-likeness (QED) is 0.681. The second kappa shape index (κ2) is 3.91. The second-order valence-electron chi connectivity index (χ2n) is 2.94. The van der Waals surface area contributed by atoms with Crippen molar-refractivity contribution in [3.05, 3.63) is 24.2 Å². The molecule has 4 heteroatoms. The van der Waals surface area contributed by atoms with Crippen LogP contribution in [0.15, 0.2) is 22.8 Å². The number of hydrogen-bond acceptors (Lipinski definition) is 4. The van der Waals surface area contributed by atoms with E-state index in [1.807, 2.05) is 6.92 Å². The van der Waals surface area contributed by atoms with Gasteiger partial charge in [0.15, 0.2) is 11.5 Å². The standard InChI is InChI=1S/C9H15NO3/c1-3-7(12-2)9(10,11)8-5-4-6-13-8/h4-7,11H,3,10H2,1-2H3. The van der Waals surface area contributed by atoms with Crippen LogP contribution in [0.2, 0.25) is 0 Å². The Kier molecular flexibility index (Phi) is 3.08. The number of aliphatic hydroxyl groups is 1. The van der Waals surface area contributed by atoms with Gasteiger partial charge in [-0.05, 0) is 18.6 Å². The summed E-state index contributed by atoms with van der Waals surface area (Å²) in [4.78, 5) is 0.